The molecule has 1 unspecified atom stereocenters. The third kappa shape index (κ3) is 1.81. The normalized spacial score (nSPS) is 17.7. The zero-order chi connectivity index (χ0) is 12.5. The van der Waals surface area contributed by atoms with E-state index in [4.69, 9.17) is 18.7 Å². The number of rotatable bonds is 3. The number of aromatic carboxylic acids is 1. The van der Waals surface area contributed by atoms with Crippen molar-refractivity contribution in [1.82, 2.24) is 0 Å². The third-order valence-electron chi connectivity index (χ3n) is 2.76. The van der Waals surface area contributed by atoms with E-state index in [0.717, 1.165) is 5.76 Å². The summed E-state index contributed by atoms with van der Waals surface area (Å²) in [6.07, 6.45) is 3.42. The molecule has 18 heavy (non-hydrogen) atoms. The Morgan fingerprint density at radius 1 is 1.50 bits per heavy atom. The highest BCUT2D eigenvalue weighted by atomic mass is 16.5. The van der Waals surface area contributed by atoms with E-state index < -0.39 is 5.97 Å². The van der Waals surface area contributed by atoms with Crippen molar-refractivity contribution in [1.29, 1.82) is 0 Å². The molecular weight excluding hydrogens is 238 g/mol. The van der Waals surface area contributed by atoms with Crippen molar-refractivity contribution in [3.05, 3.63) is 36.2 Å². The summed E-state index contributed by atoms with van der Waals surface area (Å²) in [6, 6.07) is 3.69. The van der Waals surface area contributed by atoms with Gasteiger partial charge in [0.25, 0.3) is 0 Å². The van der Waals surface area contributed by atoms with Crippen LogP contribution in [0.4, 0.5) is 5.69 Å². The number of furan rings is 2. The quantitative estimate of drug-likeness (QED) is 0.865. The maximum absolute atomic E-state index is 10.9. The first kappa shape index (κ1) is 10.8. The second kappa shape index (κ2) is 4.14. The second-order valence-corrected chi connectivity index (χ2v) is 4.01. The van der Waals surface area contributed by atoms with Crippen molar-refractivity contribution in [2.45, 2.75) is 12.5 Å². The molecule has 6 nitrogen and oxygen atoms in total. The van der Waals surface area contributed by atoms with E-state index in [1.807, 2.05) is 12.1 Å². The molecule has 0 saturated carbocycles. The van der Waals surface area contributed by atoms with E-state index in [0.29, 0.717) is 24.4 Å². The molecule has 0 radical (unpaired) electrons. The number of carboxylic acid groups (broad SMARTS) is 1. The van der Waals surface area contributed by atoms with Gasteiger partial charge < -0.3 is 24.0 Å². The molecule has 2 N–H and O–H groups in total. The lowest BCUT2D eigenvalue weighted by Crippen LogP contribution is -2.32. The molecule has 1 aliphatic heterocycles. The summed E-state index contributed by atoms with van der Waals surface area (Å²) in [5.74, 6) is 0.0145. The maximum Gasteiger partial charge on any atom is 0.374 e. The Morgan fingerprint density at radius 3 is 3.11 bits per heavy atom. The third-order valence-corrected chi connectivity index (χ3v) is 2.76. The van der Waals surface area contributed by atoms with Crippen LogP contribution in [-0.2, 0) is 6.42 Å². The van der Waals surface area contributed by atoms with E-state index in [1.165, 1.54) is 6.26 Å². The Morgan fingerprint density at radius 2 is 2.39 bits per heavy atom. The van der Waals surface area contributed by atoms with Crippen molar-refractivity contribution in [3.63, 3.8) is 0 Å². The van der Waals surface area contributed by atoms with Gasteiger partial charge in [-0.3, -0.25) is 0 Å². The fourth-order valence-electron chi connectivity index (χ4n) is 1.96. The summed E-state index contributed by atoms with van der Waals surface area (Å²) >= 11 is 0. The molecule has 0 spiro atoms. The minimum absolute atomic E-state index is 0.108. The van der Waals surface area contributed by atoms with Gasteiger partial charge in [0.1, 0.15) is 23.8 Å². The van der Waals surface area contributed by atoms with Gasteiger partial charge in [0.15, 0.2) is 5.75 Å². The topological polar surface area (TPSA) is 84.8 Å². The highest BCUT2D eigenvalue weighted by Crippen LogP contribution is 2.35. The number of carboxylic acids is 1. The van der Waals surface area contributed by atoms with Crippen molar-refractivity contribution in [2.75, 3.05) is 11.9 Å². The van der Waals surface area contributed by atoms with Crippen LogP contribution in [0.5, 0.6) is 5.75 Å². The van der Waals surface area contributed by atoms with Crippen LogP contribution in [0.25, 0.3) is 0 Å². The van der Waals surface area contributed by atoms with Gasteiger partial charge in [0.2, 0.25) is 5.76 Å². The number of anilines is 1. The summed E-state index contributed by atoms with van der Waals surface area (Å²) in [5.41, 5.74) is 0.401. The van der Waals surface area contributed by atoms with Crippen LogP contribution in [0, 0.1) is 0 Å². The Kier molecular flexibility index (Phi) is 2.47. The predicted molar refractivity (Wildman–Crippen MR) is 61.0 cm³/mol. The minimum atomic E-state index is -1.11. The first-order valence-corrected chi connectivity index (χ1v) is 5.51. The number of hydrogen-bond acceptors (Lipinski definition) is 5. The van der Waals surface area contributed by atoms with Crippen LogP contribution in [-0.4, -0.2) is 23.7 Å². The number of hydrogen-bond donors (Lipinski definition) is 2. The maximum atomic E-state index is 10.9. The molecule has 6 heteroatoms. The first-order chi connectivity index (χ1) is 8.74. The van der Waals surface area contributed by atoms with E-state index in [2.05, 4.69) is 5.32 Å². The smallest absolute Gasteiger partial charge is 0.374 e. The molecule has 3 heterocycles. The lowest BCUT2D eigenvalue weighted by molar-refractivity contribution is 0.0663. The molecule has 1 aliphatic rings. The van der Waals surface area contributed by atoms with Crippen LogP contribution in [0.2, 0.25) is 0 Å². The molecule has 0 bridgehead atoms. The zero-order valence-electron chi connectivity index (χ0n) is 9.38. The molecule has 0 aliphatic carbocycles. The van der Waals surface area contributed by atoms with Gasteiger partial charge >= 0.3 is 5.97 Å². The number of ether oxygens (including phenoxy) is 1. The molecule has 1 atom stereocenters. The second-order valence-electron chi connectivity index (χ2n) is 4.01. The summed E-state index contributed by atoms with van der Waals surface area (Å²) in [7, 11) is 0. The van der Waals surface area contributed by atoms with E-state index in [1.54, 1.807) is 6.26 Å². The molecule has 3 rings (SSSR count). The number of fused-ring (bicyclic) bond motifs is 1. The molecule has 0 saturated heterocycles. The molecule has 94 valence electrons. The van der Waals surface area contributed by atoms with Gasteiger partial charge in [0, 0.05) is 6.42 Å². The minimum Gasteiger partial charge on any atom is -0.483 e. The van der Waals surface area contributed by atoms with Crippen molar-refractivity contribution in [3.8, 4) is 5.75 Å². The Hall–Kier alpha value is -2.37. The monoisotopic (exact) mass is 249 g/mol. The lowest BCUT2D eigenvalue weighted by atomic mass is 10.1. The van der Waals surface area contributed by atoms with Gasteiger partial charge in [-0.25, -0.2) is 4.79 Å². The predicted octanol–water partition coefficient (Wildman–Crippen LogP) is 1.99. The number of carbonyl (C=O) groups is 1. The highest BCUT2D eigenvalue weighted by Gasteiger charge is 2.28. The van der Waals surface area contributed by atoms with Crippen molar-refractivity contribution < 1.29 is 23.5 Å². The van der Waals surface area contributed by atoms with Crippen molar-refractivity contribution in [2.24, 2.45) is 0 Å². The summed E-state index contributed by atoms with van der Waals surface area (Å²) in [5, 5.41) is 11.9. The van der Waals surface area contributed by atoms with Crippen LogP contribution in [0.1, 0.15) is 16.3 Å². The standard InChI is InChI=1S/C12H11NO5/c14-12(15)11-10-9(6-17-11)18-8(5-13-10)4-7-2-1-3-16-7/h1-3,6,8,13H,4-5H2,(H,14,15). The molecule has 0 aromatic carbocycles. The van der Waals surface area contributed by atoms with Gasteiger partial charge in [-0.05, 0) is 12.1 Å². The SMILES string of the molecule is O=C(O)c1occ2c1NCC(Cc1ccco1)O2. The fourth-order valence-corrected chi connectivity index (χ4v) is 1.96. The number of nitrogens with one attached hydrogen (secondary N) is 1. The fraction of sp³-hybridized carbons (Fsp3) is 0.250. The van der Waals surface area contributed by atoms with Gasteiger partial charge in [-0.2, -0.15) is 0 Å². The molecule has 0 fully saturated rings. The Balaban J connectivity index is 1.76. The molecule has 2 aromatic heterocycles. The molecule has 0 amide bonds. The lowest BCUT2D eigenvalue weighted by Gasteiger charge is -2.24. The molecule has 2 aromatic rings. The largest absolute Gasteiger partial charge is 0.483 e. The highest BCUT2D eigenvalue weighted by molar-refractivity contribution is 5.93. The Bertz CT molecular complexity index is 557. The van der Waals surface area contributed by atoms with Crippen molar-refractivity contribution >= 4 is 11.7 Å². The van der Waals surface area contributed by atoms with Crippen LogP contribution < -0.4 is 10.1 Å². The van der Waals surface area contributed by atoms with Crippen LogP contribution >= 0.6 is 0 Å². The van der Waals surface area contributed by atoms with Gasteiger partial charge in [0.05, 0.1) is 12.8 Å². The van der Waals surface area contributed by atoms with Crippen LogP contribution in [0.15, 0.2) is 33.5 Å². The van der Waals surface area contributed by atoms with E-state index in [-0.39, 0.29) is 11.9 Å². The van der Waals surface area contributed by atoms with Crippen LogP contribution in [0.3, 0.4) is 0 Å². The zero-order valence-corrected chi connectivity index (χ0v) is 9.38. The summed E-state index contributed by atoms with van der Waals surface area (Å²) in [6.45, 7) is 0.507. The van der Waals surface area contributed by atoms with E-state index >= 15 is 0 Å². The Labute approximate surface area is 102 Å². The first-order valence-electron chi connectivity index (χ1n) is 5.51. The average Bonchev–Trinajstić information content (AvgIpc) is 2.97. The average molecular weight is 249 g/mol. The van der Waals surface area contributed by atoms with E-state index in [9.17, 15) is 4.79 Å². The van der Waals surface area contributed by atoms with Gasteiger partial charge in [-0.1, -0.05) is 0 Å². The molecular formula is C12H11NO5. The summed E-state index contributed by atoms with van der Waals surface area (Å²) < 4.78 is 15.9. The summed E-state index contributed by atoms with van der Waals surface area (Å²) in [4.78, 5) is 10.9. The van der Waals surface area contributed by atoms with Gasteiger partial charge in [-0.15, -0.1) is 0 Å².